The van der Waals surface area contributed by atoms with Crippen LogP contribution >= 0.6 is 39.9 Å². The monoisotopic (exact) mass is 425 g/mol. The Morgan fingerprint density at radius 1 is 1.50 bits per heavy atom. The highest BCUT2D eigenvalue weighted by atomic mass is 127. The Labute approximate surface area is 132 Å². The van der Waals surface area contributed by atoms with Gasteiger partial charge in [-0.05, 0) is 46.5 Å². The van der Waals surface area contributed by atoms with Gasteiger partial charge in [-0.2, -0.15) is 0 Å². The van der Waals surface area contributed by atoms with Gasteiger partial charge >= 0.3 is 0 Å². The molecular formula is C12H17BrIN3O. The second-order valence-corrected chi connectivity index (χ2v) is 4.98. The Morgan fingerprint density at radius 3 is 2.78 bits per heavy atom. The molecule has 1 aliphatic carbocycles. The number of halogens is 2. The number of nitrogens with one attached hydrogen (secondary N) is 2. The fourth-order valence-corrected chi connectivity index (χ4v) is 1.89. The zero-order chi connectivity index (χ0) is 12.3. The van der Waals surface area contributed by atoms with E-state index >= 15 is 0 Å². The Morgan fingerprint density at radius 2 is 2.22 bits per heavy atom. The molecule has 0 aliphatic heterocycles. The molecule has 0 aromatic heterocycles. The Hall–Kier alpha value is -0.500. The minimum absolute atomic E-state index is 0. The lowest BCUT2D eigenvalue weighted by Gasteiger charge is -2.11. The zero-order valence-corrected chi connectivity index (χ0v) is 14.0. The molecule has 2 rings (SSSR count). The molecule has 100 valence electrons. The van der Waals surface area contributed by atoms with Crippen LogP contribution in [-0.4, -0.2) is 24.2 Å². The van der Waals surface area contributed by atoms with Crippen molar-refractivity contribution in [2.45, 2.75) is 25.4 Å². The lowest BCUT2D eigenvalue weighted by molar-refractivity contribution is 0.471. The molecule has 0 saturated heterocycles. The third kappa shape index (κ3) is 4.64. The predicted octanol–water partition coefficient (Wildman–Crippen LogP) is 2.60. The van der Waals surface area contributed by atoms with E-state index in [-0.39, 0.29) is 29.7 Å². The van der Waals surface area contributed by atoms with E-state index in [0.717, 1.165) is 11.5 Å². The van der Waals surface area contributed by atoms with Crippen molar-refractivity contribution in [3.8, 4) is 5.75 Å². The molecule has 0 atom stereocenters. The highest BCUT2D eigenvalue weighted by Gasteiger charge is 2.21. The predicted molar refractivity (Wildman–Crippen MR) is 87.6 cm³/mol. The third-order valence-electron chi connectivity index (χ3n) is 2.61. The molecule has 18 heavy (non-hydrogen) atoms. The van der Waals surface area contributed by atoms with Crippen LogP contribution in [0.15, 0.2) is 27.7 Å². The van der Waals surface area contributed by atoms with Crippen LogP contribution in [0, 0.1) is 0 Å². The SMILES string of the molecule is CN=C(NCc1ccc(O)c(Br)c1)NC1CC1.I. The van der Waals surface area contributed by atoms with Gasteiger partial charge in [0.1, 0.15) is 5.75 Å². The zero-order valence-electron chi connectivity index (χ0n) is 10.1. The van der Waals surface area contributed by atoms with E-state index in [9.17, 15) is 5.11 Å². The van der Waals surface area contributed by atoms with Gasteiger partial charge in [0.15, 0.2) is 5.96 Å². The molecule has 4 nitrogen and oxygen atoms in total. The number of hydrogen-bond donors (Lipinski definition) is 3. The smallest absolute Gasteiger partial charge is 0.191 e. The van der Waals surface area contributed by atoms with E-state index in [4.69, 9.17) is 0 Å². The molecule has 1 saturated carbocycles. The van der Waals surface area contributed by atoms with E-state index in [0.29, 0.717) is 17.1 Å². The molecule has 1 aromatic carbocycles. The second kappa shape index (κ2) is 7.18. The number of aromatic hydroxyl groups is 1. The first kappa shape index (κ1) is 15.6. The van der Waals surface area contributed by atoms with E-state index in [1.807, 2.05) is 12.1 Å². The topological polar surface area (TPSA) is 56.7 Å². The molecule has 6 heteroatoms. The van der Waals surface area contributed by atoms with Crippen molar-refractivity contribution in [2.24, 2.45) is 4.99 Å². The van der Waals surface area contributed by atoms with Gasteiger partial charge in [0, 0.05) is 19.6 Å². The number of hydrogen-bond acceptors (Lipinski definition) is 2. The minimum atomic E-state index is 0. The van der Waals surface area contributed by atoms with Crippen molar-refractivity contribution in [3.63, 3.8) is 0 Å². The number of nitrogens with zero attached hydrogens (tertiary/aromatic N) is 1. The molecular weight excluding hydrogens is 409 g/mol. The van der Waals surface area contributed by atoms with Gasteiger partial charge in [-0.15, -0.1) is 24.0 Å². The average molecular weight is 426 g/mol. The summed E-state index contributed by atoms with van der Waals surface area (Å²) in [6, 6.07) is 6.05. The number of aliphatic imine (C=N–C) groups is 1. The highest BCUT2D eigenvalue weighted by molar-refractivity contribution is 14.0. The summed E-state index contributed by atoms with van der Waals surface area (Å²) in [6.45, 7) is 0.686. The van der Waals surface area contributed by atoms with Gasteiger partial charge in [0.05, 0.1) is 4.47 Å². The third-order valence-corrected chi connectivity index (χ3v) is 3.25. The molecule has 0 heterocycles. The molecule has 0 spiro atoms. The Balaban J connectivity index is 0.00000162. The van der Waals surface area contributed by atoms with Crippen molar-refractivity contribution in [2.75, 3.05) is 7.05 Å². The lowest BCUT2D eigenvalue weighted by Crippen LogP contribution is -2.38. The summed E-state index contributed by atoms with van der Waals surface area (Å²) in [5.41, 5.74) is 1.09. The summed E-state index contributed by atoms with van der Waals surface area (Å²) in [7, 11) is 1.77. The molecule has 1 fully saturated rings. The highest BCUT2D eigenvalue weighted by Crippen LogP contribution is 2.24. The molecule has 0 unspecified atom stereocenters. The van der Waals surface area contributed by atoms with Crippen molar-refractivity contribution < 1.29 is 5.11 Å². The molecule has 3 N–H and O–H groups in total. The van der Waals surface area contributed by atoms with Crippen LogP contribution in [0.3, 0.4) is 0 Å². The van der Waals surface area contributed by atoms with Gasteiger partial charge in [-0.1, -0.05) is 6.07 Å². The van der Waals surface area contributed by atoms with E-state index in [1.54, 1.807) is 13.1 Å². The quantitative estimate of drug-likeness (QED) is 0.396. The second-order valence-electron chi connectivity index (χ2n) is 4.13. The van der Waals surface area contributed by atoms with E-state index in [1.165, 1.54) is 12.8 Å². The normalized spacial score (nSPS) is 14.9. The average Bonchev–Trinajstić information content (AvgIpc) is 3.12. The number of rotatable bonds is 3. The summed E-state index contributed by atoms with van der Waals surface area (Å²) in [5, 5.41) is 15.9. The van der Waals surface area contributed by atoms with Crippen LogP contribution in [-0.2, 0) is 6.54 Å². The van der Waals surface area contributed by atoms with Gasteiger partial charge in [-0.3, -0.25) is 4.99 Å². The maximum atomic E-state index is 9.39. The van der Waals surface area contributed by atoms with Gasteiger partial charge in [0.2, 0.25) is 0 Å². The summed E-state index contributed by atoms with van der Waals surface area (Å²) in [5.74, 6) is 1.09. The van der Waals surface area contributed by atoms with Crippen LogP contribution < -0.4 is 10.6 Å². The standard InChI is InChI=1S/C12H16BrN3O.HI/c1-14-12(16-9-3-4-9)15-7-8-2-5-11(17)10(13)6-8;/h2,5-6,9,17H,3-4,7H2,1H3,(H2,14,15,16);1H. The molecule has 0 amide bonds. The maximum Gasteiger partial charge on any atom is 0.191 e. The van der Waals surface area contributed by atoms with Crippen LogP contribution in [0.4, 0.5) is 0 Å². The first-order valence-corrected chi connectivity index (χ1v) is 6.43. The number of benzene rings is 1. The van der Waals surface area contributed by atoms with Crippen molar-refractivity contribution in [1.29, 1.82) is 0 Å². The van der Waals surface area contributed by atoms with Gasteiger partial charge in [-0.25, -0.2) is 0 Å². The largest absolute Gasteiger partial charge is 0.507 e. The fraction of sp³-hybridized carbons (Fsp3) is 0.417. The first-order valence-electron chi connectivity index (χ1n) is 5.63. The van der Waals surface area contributed by atoms with Crippen LogP contribution in [0.2, 0.25) is 0 Å². The van der Waals surface area contributed by atoms with E-state index < -0.39 is 0 Å². The molecule has 1 aromatic rings. The molecule has 1 aliphatic rings. The summed E-state index contributed by atoms with van der Waals surface area (Å²) in [4.78, 5) is 4.16. The number of phenols is 1. The first-order chi connectivity index (χ1) is 8.19. The number of guanidine groups is 1. The van der Waals surface area contributed by atoms with Crippen LogP contribution in [0.1, 0.15) is 18.4 Å². The lowest BCUT2D eigenvalue weighted by atomic mass is 10.2. The van der Waals surface area contributed by atoms with Crippen molar-refractivity contribution in [3.05, 3.63) is 28.2 Å². The summed E-state index contributed by atoms with van der Waals surface area (Å²) < 4.78 is 0.710. The number of phenolic OH excluding ortho intramolecular Hbond substituents is 1. The summed E-state index contributed by atoms with van der Waals surface area (Å²) in [6.07, 6.45) is 2.46. The fourth-order valence-electron chi connectivity index (χ4n) is 1.46. The van der Waals surface area contributed by atoms with Crippen LogP contribution in [0.25, 0.3) is 0 Å². The molecule has 0 radical (unpaired) electrons. The Kier molecular flexibility index (Phi) is 6.20. The van der Waals surface area contributed by atoms with Crippen molar-refractivity contribution >= 4 is 45.9 Å². The summed E-state index contributed by atoms with van der Waals surface area (Å²) >= 11 is 3.30. The molecule has 0 bridgehead atoms. The maximum absolute atomic E-state index is 9.39. The van der Waals surface area contributed by atoms with Crippen molar-refractivity contribution in [1.82, 2.24) is 10.6 Å². The van der Waals surface area contributed by atoms with Gasteiger partial charge < -0.3 is 15.7 Å². The Bertz CT molecular complexity index is 435. The van der Waals surface area contributed by atoms with E-state index in [2.05, 4.69) is 31.6 Å². The minimum Gasteiger partial charge on any atom is -0.507 e. The van der Waals surface area contributed by atoms with Crippen LogP contribution in [0.5, 0.6) is 5.75 Å². The van der Waals surface area contributed by atoms with Gasteiger partial charge in [0.25, 0.3) is 0 Å².